The highest BCUT2D eigenvalue weighted by Gasteiger charge is 2.16. The number of nitrogens with zero attached hydrogens (tertiary/aromatic N) is 4. The second kappa shape index (κ2) is 7.14. The zero-order valence-electron chi connectivity index (χ0n) is 14.2. The minimum absolute atomic E-state index is 0.0226. The fourth-order valence-corrected chi connectivity index (χ4v) is 2.50. The van der Waals surface area contributed by atoms with E-state index in [0.717, 1.165) is 11.3 Å². The molecule has 0 saturated heterocycles. The van der Waals surface area contributed by atoms with Crippen molar-refractivity contribution in [3.8, 4) is 5.69 Å². The number of nitrogens with one attached hydrogen (secondary N) is 1. The van der Waals surface area contributed by atoms with Crippen molar-refractivity contribution in [2.75, 3.05) is 0 Å². The van der Waals surface area contributed by atoms with E-state index in [1.165, 1.54) is 12.3 Å². The van der Waals surface area contributed by atoms with Crippen LogP contribution in [0.2, 0.25) is 0 Å². The molecule has 0 aliphatic carbocycles. The second-order valence-electron chi connectivity index (χ2n) is 5.80. The minimum atomic E-state index is -1.12. The predicted octanol–water partition coefficient (Wildman–Crippen LogP) is 2.16. The smallest absolute Gasteiger partial charge is 0.337 e. The van der Waals surface area contributed by atoms with E-state index < -0.39 is 5.97 Å². The average molecular weight is 351 g/mol. The highest BCUT2D eigenvalue weighted by molar-refractivity contribution is 5.98. The molecular weight excluding hydrogens is 334 g/mol. The van der Waals surface area contributed by atoms with Crippen molar-refractivity contribution in [2.45, 2.75) is 19.9 Å². The Balaban J connectivity index is 1.75. The van der Waals surface area contributed by atoms with Gasteiger partial charge in [-0.15, -0.1) is 5.10 Å². The molecule has 0 bridgehead atoms. The van der Waals surface area contributed by atoms with Gasteiger partial charge in [0.25, 0.3) is 5.91 Å². The number of hydrogen-bond acceptors (Lipinski definition) is 5. The Hall–Kier alpha value is -3.55. The molecule has 0 spiro atoms. The van der Waals surface area contributed by atoms with Crippen LogP contribution in [0.5, 0.6) is 0 Å². The summed E-state index contributed by atoms with van der Waals surface area (Å²) < 4.78 is 1.64. The lowest BCUT2D eigenvalue weighted by Crippen LogP contribution is -2.27. The van der Waals surface area contributed by atoms with Crippen molar-refractivity contribution in [3.05, 3.63) is 71.3 Å². The Morgan fingerprint density at radius 1 is 1.23 bits per heavy atom. The molecule has 26 heavy (non-hydrogen) atoms. The van der Waals surface area contributed by atoms with Gasteiger partial charge in [-0.1, -0.05) is 17.3 Å². The molecule has 0 aliphatic rings. The fraction of sp³-hybridized carbons (Fsp3) is 0.167. The number of aromatic nitrogens is 4. The summed E-state index contributed by atoms with van der Waals surface area (Å²) in [6, 6.07) is 8.61. The van der Waals surface area contributed by atoms with Crippen molar-refractivity contribution in [1.82, 2.24) is 25.3 Å². The number of amides is 1. The molecule has 0 saturated carbocycles. The highest BCUT2D eigenvalue weighted by Crippen LogP contribution is 2.17. The maximum atomic E-state index is 12.5. The molecule has 2 N–H and O–H groups in total. The largest absolute Gasteiger partial charge is 0.478 e. The Bertz CT molecular complexity index is 936. The lowest BCUT2D eigenvalue weighted by atomic mass is 10.1. The molecule has 1 amide bonds. The molecule has 0 radical (unpaired) electrons. The Labute approximate surface area is 149 Å². The molecule has 1 atom stereocenters. The molecule has 2 aromatic heterocycles. The Morgan fingerprint density at radius 3 is 2.58 bits per heavy atom. The third-order valence-corrected chi connectivity index (χ3v) is 4.01. The number of carbonyl (C=O) groups excluding carboxylic acids is 1. The normalized spacial score (nSPS) is 11.8. The highest BCUT2D eigenvalue weighted by atomic mass is 16.4. The Kier molecular flexibility index (Phi) is 4.74. The Morgan fingerprint density at radius 2 is 1.96 bits per heavy atom. The number of aromatic carboxylic acids is 1. The van der Waals surface area contributed by atoms with Crippen LogP contribution in [0.3, 0.4) is 0 Å². The van der Waals surface area contributed by atoms with Crippen LogP contribution in [-0.4, -0.2) is 37.0 Å². The third-order valence-electron chi connectivity index (χ3n) is 4.01. The van der Waals surface area contributed by atoms with E-state index in [2.05, 4.69) is 20.6 Å². The lowest BCUT2D eigenvalue weighted by Gasteiger charge is -2.16. The van der Waals surface area contributed by atoms with Gasteiger partial charge in [0.15, 0.2) is 0 Å². The standard InChI is InChI=1S/C18H17N5O3/c1-11(13-3-5-15(6-4-13)23-8-7-20-22-23)21-17(24)16-9-14(18(25)26)10-19-12(16)2/h3-11H,1-2H3,(H,21,24)(H,25,26). The first kappa shape index (κ1) is 17.3. The molecule has 1 unspecified atom stereocenters. The van der Waals surface area contributed by atoms with Crippen LogP contribution < -0.4 is 5.32 Å². The van der Waals surface area contributed by atoms with Crippen molar-refractivity contribution in [2.24, 2.45) is 0 Å². The van der Waals surface area contributed by atoms with Gasteiger partial charge in [0.05, 0.1) is 40.9 Å². The molecule has 3 aromatic rings. The molecule has 132 valence electrons. The van der Waals surface area contributed by atoms with E-state index >= 15 is 0 Å². The number of carbonyl (C=O) groups is 2. The van der Waals surface area contributed by atoms with E-state index in [1.807, 2.05) is 31.2 Å². The first-order valence-electron chi connectivity index (χ1n) is 7.93. The molecule has 8 heteroatoms. The molecule has 0 fully saturated rings. The van der Waals surface area contributed by atoms with Crippen molar-refractivity contribution in [3.63, 3.8) is 0 Å². The van der Waals surface area contributed by atoms with Crippen LogP contribution in [0, 0.1) is 6.92 Å². The van der Waals surface area contributed by atoms with Gasteiger partial charge < -0.3 is 10.4 Å². The van der Waals surface area contributed by atoms with Crippen LogP contribution in [-0.2, 0) is 0 Å². The summed E-state index contributed by atoms with van der Waals surface area (Å²) >= 11 is 0. The third kappa shape index (κ3) is 3.59. The van der Waals surface area contributed by atoms with Crippen LogP contribution >= 0.6 is 0 Å². The predicted molar refractivity (Wildman–Crippen MR) is 93.2 cm³/mol. The zero-order valence-corrected chi connectivity index (χ0v) is 14.2. The lowest BCUT2D eigenvalue weighted by molar-refractivity contribution is 0.0696. The van der Waals surface area contributed by atoms with Gasteiger partial charge in [0.1, 0.15) is 0 Å². The summed E-state index contributed by atoms with van der Waals surface area (Å²) in [7, 11) is 0. The quantitative estimate of drug-likeness (QED) is 0.729. The number of rotatable bonds is 5. The molecule has 8 nitrogen and oxygen atoms in total. The van der Waals surface area contributed by atoms with Crippen molar-refractivity contribution < 1.29 is 14.7 Å². The van der Waals surface area contributed by atoms with E-state index in [1.54, 1.807) is 24.0 Å². The summed E-state index contributed by atoms with van der Waals surface area (Å²) in [4.78, 5) is 27.6. The van der Waals surface area contributed by atoms with Gasteiger partial charge in [-0.2, -0.15) is 0 Å². The minimum Gasteiger partial charge on any atom is -0.478 e. The summed E-state index contributed by atoms with van der Waals surface area (Å²) in [5.74, 6) is -1.49. The van der Waals surface area contributed by atoms with Gasteiger partial charge >= 0.3 is 5.97 Å². The SMILES string of the molecule is Cc1ncc(C(=O)O)cc1C(=O)NC(C)c1ccc(-n2ccnn2)cc1. The summed E-state index contributed by atoms with van der Waals surface area (Å²) in [6.07, 6.45) is 4.57. The molecule has 0 aliphatic heterocycles. The first-order chi connectivity index (χ1) is 12.5. The van der Waals surface area contributed by atoms with Gasteiger partial charge in [-0.25, -0.2) is 9.48 Å². The summed E-state index contributed by atoms with van der Waals surface area (Å²) in [5.41, 5.74) is 2.46. The van der Waals surface area contributed by atoms with Gasteiger partial charge in [-0.05, 0) is 37.6 Å². The number of aryl methyl sites for hydroxylation is 1. The monoisotopic (exact) mass is 351 g/mol. The van der Waals surface area contributed by atoms with Crippen LogP contribution in [0.1, 0.15) is 44.9 Å². The number of carboxylic acid groups (broad SMARTS) is 1. The maximum absolute atomic E-state index is 12.5. The zero-order chi connectivity index (χ0) is 18.7. The van der Waals surface area contributed by atoms with E-state index in [9.17, 15) is 9.59 Å². The second-order valence-corrected chi connectivity index (χ2v) is 5.80. The number of carboxylic acids is 1. The van der Waals surface area contributed by atoms with Crippen LogP contribution in [0.15, 0.2) is 48.9 Å². The number of pyridine rings is 1. The van der Waals surface area contributed by atoms with Gasteiger partial charge in [-0.3, -0.25) is 9.78 Å². The molecule has 3 rings (SSSR count). The van der Waals surface area contributed by atoms with Crippen molar-refractivity contribution in [1.29, 1.82) is 0 Å². The molecule has 1 aromatic carbocycles. The number of hydrogen-bond donors (Lipinski definition) is 2. The molecular formula is C18H17N5O3. The van der Waals surface area contributed by atoms with E-state index in [-0.39, 0.29) is 23.1 Å². The maximum Gasteiger partial charge on any atom is 0.337 e. The van der Waals surface area contributed by atoms with Gasteiger partial charge in [0, 0.05) is 6.20 Å². The first-order valence-corrected chi connectivity index (χ1v) is 7.93. The average Bonchev–Trinajstić information content (AvgIpc) is 3.16. The van der Waals surface area contributed by atoms with Crippen LogP contribution in [0.4, 0.5) is 0 Å². The summed E-state index contributed by atoms with van der Waals surface area (Å²) in [6.45, 7) is 3.52. The van der Waals surface area contributed by atoms with E-state index in [0.29, 0.717) is 5.69 Å². The van der Waals surface area contributed by atoms with Crippen molar-refractivity contribution >= 4 is 11.9 Å². The fourth-order valence-electron chi connectivity index (χ4n) is 2.50. The van der Waals surface area contributed by atoms with Gasteiger partial charge in [0.2, 0.25) is 0 Å². The molecule has 2 heterocycles. The van der Waals surface area contributed by atoms with Crippen LogP contribution in [0.25, 0.3) is 5.69 Å². The van der Waals surface area contributed by atoms with E-state index in [4.69, 9.17) is 5.11 Å². The number of benzene rings is 1. The summed E-state index contributed by atoms with van der Waals surface area (Å²) in [5, 5.41) is 19.6. The topological polar surface area (TPSA) is 110 Å².